The second kappa shape index (κ2) is 4.47. The van der Waals surface area contributed by atoms with E-state index in [1.165, 1.54) is 0 Å². The molecule has 2 unspecified atom stereocenters. The lowest BCUT2D eigenvalue weighted by Crippen LogP contribution is -2.47. The van der Waals surface area contributed by atoms with Crippen LogP contribution >= 0.6 is 0 Å². The Morgan fingerprint density at radius 3 is 3.13 bits per heavy atom. The molecule has 2 fully saturated rings. The quantitative estimate of drug-likeness (QED) is 0.564. The number of hydrogen-bond donors (Lipinski definition) is 3. The Hall–Kier alpha value is -0.650. The molecule has 5 nitrogen and oxygen atoms in total. The number of carbonyl (C=O) groups excluding carboxylic acids is 1. The number of ether oxygens (including phenoxy) is 1. The van der Waals surface area contributed by atoms with Gasteiger partial charge in [0.2, 0.25) is 5.91 Å². The maximum Gasteiger partial charge on any atom is 0.249 e. The number of aliphatic hydroxyl groups is 1. The normalized spacial score (nSPS) is 35.7. The van der Waals surface area contributed by atoms with Gasteiger partial charge >= 0.3 is 0 Å². The van der Waals surface area contributed by atoms with Crippen molar-refractivity contribution < 1.29 is 14.6 Å². The molecule has 0 radical (unpaired) electrons. The fraction of sp³-hybridized carbons (Fsp3) is 0.900. The van der Waals surface area contributed by atoms with Crippen LogP contribution in [-0.2, 0) is 9.53 Å². The summed E-state index contributed by atoms with van der Waals surface area (Å²) in [5, 5.41) is 15.8. The fourth-order valence-corrected chi connectivity index (χ4v) is 2.03. The van der Waals surface area contributed by atoms with Gasteiger partial charge in [-0.3, -0.25) is 4.79 Å². The number of carbonyl (C=O) groups is 1. The lowest BCUT2D eigenvalue weighted by Gasteiger charge is -2.22. The molecule has 0 aromatic carbocycles. The van der Waals surface area contributed by atoms with Crippen LogP contribution in [0.2, 0.25) is 0 Å². The van der Waals surface area contributed by atoms with Crippen molar-refractivity contribution in [2.75, 3.05) is 26.2 Å². The van der Waals surface area contributed by atoms with E-state index in [9.17, 15) is 9.90 Å². The summed E-state index contributed by atoms with van der Waals surface area (Å²) in [6.07, 6.45) is 2.13. The molecule has 15 heavy (non-hydrogen) atoms. The van der Waals surface area contributed by atoms with Crippen LogP contribution in [0.5, 0.6) is 0 Å². The van der Waals surface area contributed by atoms with E-state index in [0.29, 0.717) is 26.1 Å². The first-order valence-electron chi connectivity index (χ1n) is 5.52. The van der Waals surface area contributed by atoms with E-state index in [2.05, 4.69) is 10.6 Å². The van der Waals surface area contributed by atoms with Crippen molar-refractivity contribution in [3.8, 4) is 0 Å². The van der Waals surface area contributed by atoms with Crippen molar-refractivity contribution in [1.29, 1.82) is 0 Å². The highest BCUT2D eigenvalue weighted by molar-refractivity contribution is 5.81. The zero-order valence-electron chi connectivity index (χ0n) is 8.79. The van der Waals surface area contributed by atoms with Gasteiger partial charge in [-0.05, 0) is 25.8 Å². The van der Waals surface area contributed by atoms with Gasteiger partial charge in [-0.2, -0.15) is 0 Å². The van der Waals surface area contributed by atoms with Gasteiger partial charge < -0.3 is 20.5 Å². The molecule has 5 heteroatoms. The molecule has 2 aliphatic heterocycles. The molecule has 0 aromatic rings. The lowest BCUT2D eigenvalue weighted by molar-refractivity contribution is -0.131. The molecule has 0 spiro atoms. The summed E-state index contributed by atoms with van der Waals surface area (Å²) in [7, 11) is 0. The summed E-state index contributed by atoms with van der Waals surface area (Å²) in [5.41, 5.74) is -0.770. The molecule has 2 heterocycles. The van der Waals surface area contributed by atoms with E-state index in [0.717, 1.165) is 19.4 Å². The molecule has 1 amide bonds. The van der Waals surface area contributed by atoms with Gasteiger partial charge in [0.25, 0.3) is 0 Å². The van der Waals surface area contributed by atoms with Crippen LogP contribution < -0.4 is 10.6 Å². The second-order valence-electron chi connectivity index (χ2n) is 4.37. The summed E-state index contributed by atoms with van der Waals surface area (Å²) >= 11 is 0. The maximum atomic E-state index is 11.6. The summed E-state index contributed by atoms with van der Waals surface area (Å²) < 4.78 is 5.25. The van der Waals surface area contributed by atoms with Gasteiger partial charge in [0.15, 0.2) is 0 Å². The topological polar surface area (TPSA) is 70.6 Å². The predicted molar refractivity (Wildman–Crippen MR) is 54.4 cm³/mol. The van der Waals surface area contributed by atoms with E-state index in [1.807, 2.05) is 0 Å². The zero-order valence-corrected chi connectivity index (χ0v) is 8.79. The molecule has 86 valence electrons. The standard InChI is InChI=1S/C10H18N2O3/c13-9(8-2-1-5-15-8)12-7-10(14)3-4-11-6-10/h8,11,14H,1-7H2,(H,12,13). The predicted octanol–water partition coefficient (Wildman–Crippen LogP) is -0.994. The van der Waals surface area contributed by atoms with E-state index in [1.54, 1.807) is 0 Å². The van der Waals surface area contributed by atoms with E-state index >= 15 is 0 Å². The number of β-amino-alcohol motifs (C(OH)–C–C–N with tert-alkyl or cyclic N) is 1. The van der Waals surface area contributed by atoms with Gasteiger partial charge in [-0.15, -0.1) is 0 Å². The first kappa shape index (κ1) is 10.9. The number of amides is 1. The summed E-state index contributed by atoms with van der Waals surface area (Å²) in [5.74, 6) is -0.0900. The maximum absolute atomic E-state index is 11.6. The highest BCUT2D eigenvalue weighted by Crippen LogP contribution is 2.14. The van der Waals surface area contributed by atoms with Crippen LogP contribution in [0, 0.1) is 0 Å². The third kappa shape index (κ3) is 2.68. The molecule has 0 aromatic heterocycles. The molecule has 0 bridgehead atoms. The average Bonchev–Trinajstić information content (AvgIpc) is 2.85. The highest BCUT2D eigenvalue weighted by Gasteiger charge is 2.32. The van der Waals surface area contributed by atoms with Gasteiger partial charge in [0.1, 0.15) is 6.10 Å². The van der Waals surface area contributed by atoms with Crippen molar-refractivity contribution in [1.82, 2.24) is 10.6 Å². The molecular weight excluding hydrogens is 196 g/mol. The van der Waals surface area contributed by atoms with Crippen LogP contribution in [0.3, 0.4) is 0 Å². The minimum Gasteiger partial charge on any atom is -0.387 e. The first-order valence-corrected chi connectivity index (χ1v) is 5.52. The zero-order chi connectivity index (χ0) is 10.7. The SMILES string of the molecule is O=C(NCC1(O)CCNC1)C1CCCO1. The Balaban J connectivity index is 1.74. The van der Waals surface area contributed by atoms with Crippen molar-refractivity contribution in [3.63, 3.8) is 0 Å². The average molecular weight is 214 g/mol. The monoisotopic (exact) mass is 214 g/mol. The summed E-state index contributed by atoms with van der Waals surface area (Å²) in [6, 6.07) is 0. The van der Waals surface area contributed by atoms with Crippen LogP contribution in [-0.4, -0.2) is 49.0 Å². The molecular formula is C10H18N2O3. The Morgan fingerprint density at radius 2 is 2.53 bits per heavy atom. The van der Waals surface area contributed by atoms with E-state index in [-0.39, 0.29) is 12.0 Å². The minimum atomic E-state index is -0.770. The Bertz CT molecular complexity index is 233. The third-order valence-corrected chi connectivity index (χ3v) is 3.03. The molecule has 2 rings (SSSR count). The van der Waals surface area contributed by atoms with Crippen LogP contribution in [0.1, 0.15) is 19.3 Å². The Morgan fingerprint density at radius 1 is 1.67 bits per heavy atom. The minimum absolute atomic E-state index is 0.0900. The van der Waals surface area contributed by atoms with Crippen LogP contribution in [0.25, 0.3) is 0 Å². The van der Waals surface area contributed by atoms with Gasteiger partial charge in [-0.1, -0.05) is 0 Å². The summed E-state index contributed by atoms with van der Waals surface area (Å²) in [4.78, 5) is 11.6. The number of rotatable bonds is 3. The smallest absolute Gasteiger partial charge is 0.249 e. The van der Waals surface area contributed by atoms with Crippen molar-refractivity contribution in [2.24, 2.45) is 0 Å². The fourth-order valence-electron chi connectivity index (χ4n) is 2.03. The van der Waals surface area contributed by atoms with Gasteiger partial charge in [0.05, 0.1) is 5.60 Å². The van der Waals surface area contributed by atoms with E-state index in [4.69, 9.17) is 4.74 Å². The molecule has 2 atom stereocenters. The first-order chi connectivity index (χ1) is 7.20. The van der Waals surface area contributed by atoms with Crippen LogP contribution in [0.15, 0.2) is 0 Å². The second-order valence-corrected chi connectivity index (χ2v) is 4.37. The molecule has 2 saturated heterocycles. The molecule has 3 N–H and O–H groups in total. The van der Waals surface area contributed by atoms with Gasteiger partial charge in [0, 0.05) is 19.7 Å². The molecule has 0 aliphatic carbocycles. The van der Waals surface area contributed by atoms with Crippen molar-refractivity contribution in [2.45, 2.75) is 31.0 Å². The van der Waals surface area contributed by atoms with Crippen molar-refractivity contribution in [3.05, 3.63) is 0 Å². The lowest BCUT2D eigenvalue weighted by atomic mass is 10.0. The largest absolute Gasteiger partial charge is 0.387 e. The molecule has 0 saturated carbocycles. The number of hydrogen-bond acceptors (Lipinski definition) is 4. The third-order valence-electron chi connectivity index (χ3n) is 3.03. The Labute approximate surface area is 89.2 Å². The van der Waals surface area contributed by atoms with E-state index < -0.39 is 5.60 Å². The Kier molecular flexibility index (Phi) is 3.23. The van der Waals surface area contributed by atoms with Gasteiger partial charge in [-0.25, -0.2) is 0 Å². The summed E-state index contributed by atoms with van der Waals surface area (Å²) in [6.45, 7) is 2.35. The van der Waals surface area contributed by atoms with Crippen molar-refractivity contribution >= 4 is 5.91 Å². The highest BCUT2D eigenvalue weighted by atomic mass is 16.5. The number of nitrogens with one attached hydrogen (secondary N) is 2. The van der Waals surface area contributed by atoms with Crippen LogP contribution in [0.4, 0.5) is 0 Å². The molecule has 2 aliphatic rings.